The molecule has 3 nitrogen and oxygen atoms in total. The molecular weight excluding hydrogens is 244 g/mol. The van der Waals surface area contributed by atoms with Gasteiger partial charge in [-0.15, -0.1) is 11.3 Å². The van der Waals surface area contributed by atoms with Gasteiger partial charge in [-0.25, -0.2) is 4.98 Å². The number of phenols is 1. The van der Waals surface area contributed by atoms with Crippen molar-refractivity contribution in [3.8, 4) is 5.75 Å². The molecular formula is C14H16N2OS. The van der Waals surface area contributed by atoms with Gasteiger partial charge in [0.15, 0.2) is 0 Å². The minimum Gasteiger partial charge on any atom is -0.508 e. The average Bonchev–Trinajstić information content (AvgIpc) is 2.73. The molecule has 0 bridgehead atoms. The lowest BCUT2D eigenvalue weighted by molar-refractivity contribution is 0.469. The Labute approximate surface area is 110 Å². The number of nitrogens with two attached hydrogens (primary N) is 1. The van der Waals surface area contributed by atoms with Gasteiger partial charge in [0.25, 0.3) is 0 Å². The molecule has 1 atom stereocenters. The molecule has 2 aromatic rings. The van der Waals surface area contributed by atoms with Gasteiger partial charge in [0.1, 0.15) is 5.75 Å². The highest BCUT2D eigenvalue weighted by atomic mass is 32.1. The van der Waals surface area contributed by atoms with E-state index < -0.39 is 0 Å². The minimum atomic E-state index is 0.288. The molecule has 3 rings (SSSR count). The monoisotopic (exact) mass is 260 g/mol. The Balaban J connectivity index is 1.84. The summed E-state index contributed by atoms with van der Waals surface area (Å²) in [6, 6.07) is 7.74. The molecule has 1 aromatic carbocycles. The number of aryl methyl sites for hydroxylation is 1. The summed E-state index contributed by atoms with van der Waals surface area (Å²) in [7, 11) is 0. The van der Waals surface area contributed by atoms with Crippen molar-refractivity contribution in [1.29, 1.82) is 0 Å². The van der Waals surface area contributed by atoms with E-state index in [1.165, 1.54) is 10.6 Å². The molecule has 1 unspecified atom stereocenters. The molecule has 0 saturated carbocycles. The quantitative estimate of drug-likeness (QED) is 0.870. The van der Waals surface area contributed by atoms with Crippen LogP contribution < -0.4 is 5.73 Å². The number of aromatic nitrogens is 1. The van der Waals surface area contributed by atoms with Crippen molar-refractivity contribution in [2.24, 2.45) is 5.73 Å². The highest BCUT2D eigenvalue weighted by molar-refractivity contribution is 7.11. The maximum absolute atomic E-state index is 9.77. The summed E-state index contributed by atoms with van der Waals surface area (Å²) in [5.74, 6) is 0.349. The van der Waals surface area contributed by atoms with E-state index in [1.807, 2.05) is 18.2 Å². The van der Waals surface area contributed by atoms with Crippen molar-refractivity contribution >= 4 is 11.3 Å². The molecule has 1 aromatic heterocycles. The summed E-state index contributed by atoms with van der Waals surface area (Å²) in [5, 5.41) is 10.9. The number of hydrogen-bond acceptors (Lipinski definition) is 4. The van der Waals surface area contributed by atoms with E-state index in [9.17, 15) is 5.11 Å². The van der Waals surface area contributed by atoms with Crippen LogP contribution >= 0.6 is 11.3 Å². The second-order valence-electron chi connectivity index (χ2n) is 4.79. The number of rotatable bonds is 2. The van der Waals surface area contributed by atoms with Gasteiger partial charge >= 0.3 is 0 Å². The second kappa shape index (κ2) is 4.71. The molecule has 4 heteroatoms. The van der Waals surface area contributed by atoms with Crippen LogP contribution in [0, 0.1) is 0 Å². The topological polar surface area (TPSA) is 59.1 Å². The van der Waals surface area contributed by atoms with Crippen LogP contribution in [0.25, 0.3) is 0 Å². The number of phenolic OH excluding ortho intramolecular Hbond substituents is 1. The van der Waals surface area contributed by atoms with Crippen LogP contribution in [0.2, 0.25) is 0 Å². The van der Waals surface area contributed by atoms with Gasteiger partial charge in [-0.1, -0.05) is 18.2 Å². The summed E-state index contributed by atoms with van der Waals surface area (Å²) in [4.78, 5) is 6.01. The number of hydrogen-bond donors (Lipinski definition) is 2. The van der Waals surface area contributed by atoms with Crippen LogP contribution in [0.4, 0.5) is 0 Å². The van der Waals surface area contributed by atoms with Gasteiger partial charge in [-0.05, 0) is 25.3 Å². The van der Waals surface area contributed by atoms with E-state index >= 15 is 0 Å². The largest absolute Gasteiger partial charge is 0.508 e. The number of thiazole rings is 1. The van der Waals surface area contributed by atoms with E-state index in [0.29, 0.717) is 12.2 Å². The summed E-state index contributed by atoms with van der Waals surface area (Å²) >= 11 is 1.74. The third kappa shape index (κ3) is 2.26. The maximum Gasteiger partial charge on any atom is 0.119 e. The normalized spacial score (nSPS) is 18.6. The van der Waals surface area contributed by atoms with E-state index in [0.717, 1.165) is 29.8 Å². The number of nitrogens with zero attached hydrogens (tertiary/aromatic N) is 1. The number of benzene rings is 1. The Kier molecular flexibility index (Phi) is 3.06. The number of para-hydroxylation sites is 1. The van der Waals surface area contributed by atoms with E-state index in [4.69, 9.17) is 5.73 Å². The van der Waals surface area contributed by atoms with Crippen LogP contribution in [0.5, 0.6) is 5.75 Å². The molecule has 0 amide bonds. The maximum atomic E-state index is 9.77. The van der Waals surface area contributed by atoms with Crippen LogP contribution in [0.1, 0.15) is 27.6 Å². The first kappa shape index (κ1) is 11.7. The molecule has 18 heavy (non-hydrogen) atoms. The van der Waals surface area contributed by atoms with E-state index in [-0.39, 0.29) is 6.04 Å². The van der Waals surface area contributed by atoms with Crippen molar-refractivity contribution < 1.29 is 5.11 Å². The smallest absolute Gasteiger partial charge is 0.119 e. The Morgan fingerprint density at radius 2 is 2.22 bits per heavy atom. The fourth-order valence-electron chi connectivity index (χ4n) is 2.35. The molecule has 0 aliphatic heterocycles. The molecule has 0 saturated heterocycles. The fraction of sp³-hybridized carbons (Fsp3) is 0.357. The fourth-order valence-corrected chi connectivity index (χ4v) is 3.58. The lowest BCUT2D eigenvalue weighted by Gasteiger charge is -2.15. The molecule has 0 fully saturated rings. The minimum absolute atomic E-state index is 0.288. The lowest BCUT2D eigenvalue weighted by atomic mass is 9.99. The van der Waals surface area contributed by atoms with Gasteiger partial charge < -0.3 is 10.8 Å². The predicted octanol–water partition coefficient (Wildman–Crippen LogP) is 2.26. The van der Waals surface area contributed by atoms with Gasteiger partial charge in [0.05, 0.1) is 10.7 Å². The van der Waals surface area contributed by atoms with Gasteiger partial charge in [-0.2, -0.15) is 0 Å². The highest BCUT2D eigenvalue weighted by Gasteiger charge is 2.20. The van der Waals surface area contributed by atoms with E-state index in [2.05, 4.69) is 4.98 Å². The third-order valence-corrected chi connectivity index (χ3v) is 4.48. The van der Waals surface area contributed by atoms with Crippen molar-refractivity contribution in [1.82, 2.24) is 4.98 Å². The van der Waals surface area contributed by atoms with Crippen molar-refractivity contribution in [3.05, 3.63) is 45.4 Å². The molecule has 0 spiro atoms. The third-order valence-electron chi connectivity index (χ3n) is 3.36. The molecule has 0 radical (unpaired) electrons. The first-order chi connectivity index (χ1) is 8.72. The zero-order chi connectivity index (χ0) is 12.5. The van der Waals surface area contributed by atoms with Gasteiger partial charge in [0, 0.05) is 22.9 Å². The Hall–Kier alpha value is -1.39. The molecule has 1 heterocycles. The van der Waals surface area contributed by atoms with Crippen molar-refractivity contribution in [2.75, 3.05) is 0 Å². The number of fused-ring (bicyclic) bond motifs is 1. The molecule has 3 N–H and O–H groups in total. The van der Waals surface area contributed by atoms with Crippen LogP contribution in [0.3, 0.4) is 0 Å². The first-order valence-electron chi connectivity index (χ1n) is 6.22. The van der Waals surface area contributed by atoms with Crippen molar-refractivity contribution in [3.63, 3.8) is 0 Å². The SMILES string of the molecule is NC1CCc2nc(Cc3ccccc3O)sc2C1. The van der Waals surface area contributed by atoms with Gasteiger partial charge in [-0.3, -0.25) is 0 Å². The summed E-state index contributed by atoms with van der Waals surface area (Å²) in [5.41, 5.74) is 8.13. The Morgan fingerprint density at radius 1 is 1.39 bits per heavy atom. The van der Waals surface area contributed by atoms with Crippen molar-refractivity contribution in [2.45, 2.75) is 31.7 Å². The number of aromatic hydroxyl groups is 1. The summed E-state index contributed by atoms with van der Waals surface area (Å²) in [6.45, 7) is 0. The zero-order valence-electron chi connectivity index (χ0n) is 10.1. The summed E-state index contributed by atoms with van der Waals surface area (Å²) in [6.07, 6.45) is 3.69. The Bertz CT molecular complexity index is 565. The average molecular weight is 260 g/mol. The summed E-state index contributed by atoms with van der Waals surface area (Å²) < 4.78 is 0. The van der Waals surface area contributed by atoms with E-state index in [1.54, 1.807) is 17.4 Å². The second-order valence-corrected chi connectivity index (χ2v) is 5.95. The standard InChI is InChI=1S/C14H16N2OS/c15-10-5-6-11-13(8-10)18-14(16-11)7-9-3-1-2-4-12(9)17/h1-4,10,17H,5-8,15H2. The van der Waals surface area contributed by atoms with Crippen LogP contribution in [0.15, 0.2) is 24.3 Å². The van der Waals surface area contributed by atoms with Crippen LogP contribution in [-0.4, -0.2) is 16.1 Å². The molecule has 94 valence electrons. The first-order valence-corrected chi connectivity index (χ1v) is 7.04. The predicted molar refractivity (Wildman–Crippen MR) is 73.0 cm³/mol. The zero-order valence-corrected chi connectivity index (χ0v) is 10.9. The van der Waals surface area contributed by atoms with Crippen LogP contribution in [-0.2, 0) is 19.3 Å². The Morgan fingerprint density at radius 3 is 3.06 bits per heavy atom. The highest BCUT2D eigenvalue weighted by Crippen LogP contribution is 2.29. The van der Waals surface area contributed by atoms with Gasteiger partial charge in [0.2, 0.25) is 0 Å². The molecule has 1 aliphatic rings. The lowest BCUT2D eigenvalue weighted by Crippen LogP contribution is -2.26. The molecule has 1 aliphatic carbocycles.